The number of aromatic nitrogens is 1. The zero-order valence-electron chi connectivity index (χ0n) is 11.5. The van der Waals surface area contributed by atoms with E-state index in [2.05, 4.69) is 46.1 Å². The third kappa shape index (κ3) is 3.60. The Hall–Kier alpha value is -1.02. The predicted octanol–water partition coefficient (Wildman–Crippen LogP) is 3.13. The molecule has 2 aromatic rings. The molecule has 3 rings (SSSR count). The summed E-state index contributed by atoms with van der Waals surface area (Å²) in [6, 6.07) is 8.17. The van der Waals surface area contributed by atoms with Crippen LogP contribution < -0.4 is 10.6 Å². The Morgan fingerprint density at radius 2 is 2.24 bits per heavy atom. The monoisotopic (exact) mass is 337 g/mol. The molecule has 0 spiro atoms. The van der Waals surface area contributed by atoms with Crippen molar-refractivity contribution in [2.45, 2.75) is 10.9 Å². The Bertz CT molecular complexity index is 621. The van der Waals surface area contributed by atoms with Crippen molar-refractivity contribution in [3.05, 3.63) is 29.6 Å². The van der Waals surface area contributed by atoms with E-state index in [-0.39, 0.29) is 11.9 Å². The summed E-state index contributed by atoms with van der Waals surface area (Å²) in [4.78, 5) is 17.7. The molecule has 1 amide bonds. The van der Waals surface area contributed by atoms with E-state index in [1.165, 1.54) is 16.2 Å². The van der Waals surface area contributed by atoms with Crippen LogP contribution >= 0.6 is 34.9 Å². The van der Waals surface area contributed by atoms with Gasteiger partial charge in [-0.05, 0) is 18.4 Å². The Balaban J connectivity index is 1.68. The lowest BCUT2D eigenvalue weighted by Gasteiger charge is -2.07. The van der Waals surface area contributed by atoms with E-state index in [4.69, 9.17) is 0 Å². The van der Waals surface area contributed by atoms with Crippen molar-refractivity contribution in [3.8, 4) is 11.3 Å². The molecule has 4 nitrogen and oxygen atoms in total. The van der Waals surface area contributed by atoms with Crippen molar-refractivity contribution in [2.24, 2.45) is 0 Å². The molecule has 110 valence electrons. The zero-order chi connectivity index (χ0) is 14.7. The molecule has 1 aliphatic rings. The van der Waals surface area contributed by atoms with Gasteiger partial charge in [-0.25, -0.2) is 4.98 Å². The van der Waals surface area contributed by atoms with Gasteiger partial charge in [-0.2, -0.15) is 0 Å². The molecule has 0 bridgehead atoms. The molecule has 0 aliphatic carbocycles. The number of carbonyl (C=O) groups excluding carboxylic acids is 1. The van der Waals surface area contributed by atoms with Crippen molar-refractivity contribution < 1.29 is 4.79 Å². The number of benzene rings is 1. The van der Waals surface area contributed by atoms with Gasteiger partial charge in [-0.15, -0.1) is 34.9 Å². The summed E-state index contributed by atoms with van der Waals surface area (Å²) in [5, 5.41) is 8.67. The number of carbonyl (C=O) groups is 1. The highest BCUT2D eigenvalue weighted by atomic mass is 32.2. The van der Waals surface area contributed by atoms with Crippen LogP contribution in [0.25, 0.3) is 11.3 Å². The van der Waals surface area contributed by atoms with Crippen LogP contribution in [0.15, 0.2) is 34.5 Å². The van der Waals surface area contributed by atoms with Crippen molar-refractivity contribution in [1.29, 1.82) is 0 Å². The number of amides is 1. The Kier molecular flexibility index (Phi) is 4.84. The van der Waals surface area contributed by atoms with E-state index in [1.807, 2.05) is 5.38 Å². The van der Waals surface area contributed by atoms with E-state index in [9.17, 15) is 4.79 Å². The summed E-state index contributed by atoms with van der Waals surface area (Å²) in [6.07, 6.45) is 2.06. The summed E-state index contributed by atoms with van der Waals surface area (Å²) < 4.78 is 0. The van der Waals surface area contributed by atoms with E-state index < -0.39 is 0 Å². The van der Waals surface area contributed by atoms with Crippen LogP contribution in [0.4, 0.5) is 5.13 Å². The average molecular weight is 337 g/mol. The van der Waals surface area contributed by atoms with Crippen molar-refractivity contribution >= 4 is 45.9 Å². The maximum absolute atomic E-state index is 12.0. The molecule has 1 fully saturated rings. The standard InChI is InChI=1S/C14H15N3OS3/c1-19-10-4-2-9(3-5-10)11-7-21-14(16-11)17-13(18)12-6-20-8-15-12/h2-5,7,12,15H,6,8H2,1H3,(H,16,17,18). The smallest absolute Gasteiger partial charge is 0.244 e. The first-order chi connectivity index (χ1) is 10.3. The van der Waals surface area contributed by atoms with Crippen LogP contribution in [-0.2, 0) is 4.79 Å². The molecule has 1 atom stereocenters. The minimum absolute atomic E-state index is 0.00127. The van der Waals surface area contributed by atoms with Gasteiger partial charge in [0.2, 0.25) is 5.91 Å². The van der Waals surface area contributed by atoms with Crippen LogP contribution in [0.1, 0.15) is 0 Å². The second-order valence-electron chi connectivity index (χ2n) is 4.53. The summed E-state index contributed by atoms with van der Waals surface area (Å²) in [7, 11) is 0. The Morgan fingerprint density at radius 1 is 1.43 bits per heavy atom. The molecule has 21 heavy (non-hydrogen) atoms. The minimum Gasteiger partial charge on any atom is -0.301 e. The molecular weight excluding hydrogens is 322 g/mol. The fraction of sp³-hybridized carbons (Fsp3) is 0.286. The quantitative estimate of drug-likeness (QED) is 0.840. The molecule has 0 saturated carbocycles. The number of anilines is 1. The second-order valence-corrected chi connectivity index (χ2v) is 7.30. The van der Waals surface area contributed by atoms with Crippen molar-refractivity contribution in [3.63, 3.8) is 0 Å². The number of hydrogen-bond donors (Lipinski definition) is 2. The van der Waals surface area contributed by atoms with Gasteiger partial charge in [0.15, 0.2) is 5.13 Å². The van der Waals surface area contributed by atoms with Crippen LogP contribution in [0, 0.1) is 0 Å². The third-order valence-electron chi connectivity index (χ3n) is 3.15. The predicted molar refractivity (Wildman–Crippen MR) is 92.2 cm³/mol. The average Bonchev–Trinajstić information content (AvgIpc) is 3.19. The van der Waals surface area contributed by atoms with Crippen LogP contribution in [0.3, 0.4) is 0 Å². The van der Waals surface area contributed by atoms with E-state index in [0.29, 0.717) is 5.13 Å². The summed E-state index contributed by atoms with van der Waals surface area (Å²) in [5.74, 6) is 1.65. The van der Waals surface area contributed by atoms with Gasteiger partial charge in [0, 0.05) is 27.5 Å². The normalized spacial score (nSPS) is 17.9. The molecule has 1 aliphatic heterocycles. The molecule has 7 heteroatoms. The molecule has 1 unspecified atom stereocenters. The highest BCUT2D eigenvalue weighted by molar-refractivity contribution is 7.99. The molecule has 2 heterocycles. The summed E-state index contributed by atoms with van der Waals surface area (Å²) in [5.41, 5.74) is 1.97. The molecule has 0 radical (unpaired) electrons. The third-order valence-corrected chi connectivity index (χ3v) is 5.59. The van der Waals surface area contributed by atoms with Gasteiger partial charge in [-0.1, -0.05) is 12.1 Å². The van der Waals surface area contributed by atoms with Gasteiger partial charge in [-0.3, -0.25) is 10.1 Å². The summed E-state index contributed by atoms with van der Waals surface area (Å²) >= 11 is 4.91. The molecular formula is C14H15N3OS3. The first kappa shape index (κ1) is 14.9. The van der Waals surface area contributed by atoms with Crippen LogP contribution in [-0.4, -0.2) is 34.8 Å². The number of rotatable bonds is 4. The Labute approximate surface area is 136 Å². The lowest BCUT2D eigenvalue weighted by atomic mass is 10.2. The zero-order valence-corrected chi connectivity index (χ0v) is 13.9. The number of thiazole rings is 1. The lowest BCUT2D eigenvalue weighted by Crippen LogP contribution is -2.37. The summed E-state index contributed by atoms with van der Waals surface area (Å²) in [6.45, 7) is 0. The van der Waals surface area contributed by atoms with Crippen molar-refractivity contribution in [1.82, 2.24) is 10.3 Å². The van der Waals surface area contributed by atoms with Gasteiger partial charge in [0.1, 0.15) is 0 Å². The SMILES string of the molecule is CSc1ccc(-c2csc(NC(=O)C3CSCN3)n2)cc1. The fourth-order valence-electron chi connectivity index (χ4n) is 1.98. The fourth-order valence-corrected chi connectivity index (χ4v) is 4.05. The largest absolute Gasteiger partial charge is 0.301 e. The molecule has 1 saturated heterocycles. The van der Waals surface area contributed by atoms with E-state index in [1.54, 1.807) is 23.5 Å². The van der Waals surface area contributed by atoms with Gasteiger partial charge in [0.25, 0.3) is 0 Å². The minimum atomic E-state index is -0.108. The van der Waals surface area contributed by atoms with Crippen LogP contribution in [0.2, 0.25) is 0 Å². The van der Waals surface area contributed by atoms with E-state index >= 15 is 0 Å². The first-order valence-corrected chi connectivity index (χ1v) is 9.74. The van der Waals surface area contributed by atoms with Crippen LogP contribution in [0.5, 0.6) is 0 Å². The number of nitrogens with one attached hydrogen (secondary N) is 2. The topological polar surface area (TPSA) is 54.0 Å². The maximum atomic E-state index is 12.0. The second kappa shape index (κ2) is 6.83. The lowest BCUT2D eigenvalue weighted by molar-refractivity contribution is -0.117. The Morgan fingerprint density at radius 3 is 2.90 bits per heavy atom. The molecule has 2 N–H and O–H groups in total. The van der Waals surface area contributed by atoms with Crippen molar-refractivity contribution in [2.75, 3.05) is 23.2 Å². The van der Waals surface area contributed by atoms with Gasteiger partial charge >= 0.3 is 0 Å². The number of thioether (sulfide) groups is 2. The maximum Gasteiger partial charge on any atom is 0.244 e. The molecule has 1 aromatic carbocycles. The van der Waals surface area contributed by atoms with E-state index in [0.717, 1.165) is 22.9 Å². The number of hydrogen-bond acceptors (Lipinski definition) is 6. The highest BCUT2D eigenvalue weighted by Gasteiger charge is 2.23. The first-order valence-electron chi connectivity index (χ1n) is 6.48. The number of nitrogens with zero attached hydrogens (tertiary/aromatic N) is 1. The van der Waals surface area contributed by atoms with Gasteiger partial charge in [0.05, 0.1) is 11.7 Å². The highest BCUT2D eigenvalue weighted by Crippen LogP contribution is 2.27. The van der Waals surface area contributed by atoms with Gasteiger partial charge < -0.3 is 5.32 Å². The molecule has 1 aromatic heterocycles.